The monoisotopic (exact) mass is 208 g/mol. The standard InChI is InChI=1S/C11H12O4/c1-2-8(12)14-9-5-3-6-7(4-5)11(13)15-10(6)9/h2,5-7,9-10H,1,3-4H2/t5-,6+,7+,9?,10+/m1/s1. The van der Waals surface area contributed by atoms with Crippen LogP contribution in [-0.2, 0) is 19.1 Å². The lowest BCUT2D eigenvalue weighted by atomic mass is 9.88. The minimum Gasteiger partial charge on any atom is -0.458 e. The highest BCUT2D eigenvalue weighted by molar-refractivity contribution is 5.82. The molecule has 0 spiro atoms. The van der Waals surface area contributed by atoms with Gasteiger partial charge in [0.15, 0.2) is 0 Å². The van der Waals surface area contributed by atoms with Crippen LogP contribution in [0.5, 0.6) is 0 Å². The summed E-state index contributed by atoms with van der Waals surface area (Å²) in [7, 11) is 0. The summed E-state index contributed by atoms with van der Waals surface area (Å²) in [6, 6.07) is 0. The average molecular weight is 208 g/mol. The Bertz CT molecular complexity index is 348. The van der Waals surface area contributed by atoms with Crippen molar-refractivity contribution in [3.63, 3.8) is 0 Å². The lowest BCUT2D eigenvalue weighted by molar-refractivity contribution is -0.157. The second-order valence-electron chi connectivity index (χ2n) is 4.51. The maximum atomic E-state index is 11.4. The van der Waals surface area contributed by atoms with E-state index in [9.17, 15) is 9.59 Å². The predicted octanol–water partition coefficient (Wildman–Crippen LogP) is 0.666. The van der Waals surface area contributed by atoms with Crippen molar-refractivity contribution in [3.05, 3.63) is 12.7 Å². The van der Waals surface area contributed by atoms with E-state index < -0.39 is 5.97 Å². The zero-order chi connectivity index (χ0) is 10.6. The van der Waals surface area contributed by atoms with Gasteiger partial charge in [0.05, 0.1) is 5.92 Å². The van der Waals surface area contributed by atoms with Gasteiger partial charge < -0.3 is 9.47 Å². The zero-order valence-electron chi connectivity index (χ0n) is 8.22. The van der Waals surface area contributed by atoms with Crippen LogP contribution in [0.4, 0.5) is 0 Å². The largest absolute Gasteiger partial charge is 0.458 e. The summed E-state index contributed by atoms with van der Waals surface area (Å²) in [5.41, 5.74) is 0. The van der Waals surface area contributed by atoms with Crippen molar-refractivity contribution in [3.8, 4) is 0 Å². The van der Waals surface area contributed by atoms with Crippen molar-refractivity contribution in [2.75, 3.05) is 0 Å². The van der Waals surface area contributed by atoms with E-state index in [0.29, 0.717) is 5.92 Å². The fraction of sp³-hybridized carbons (Fsp3) is 0.636. The number of hydrogen-bond acceptors (Lipinski definition) is 4. The van der Waals surface area contributed by atoms with Crippen LogP contribution in [0.3, 0.4) is 0 Å². The van der Waals surface area contributed by atoms with E-state index in [1.807, 2.05) is 0 Å². The van der Waals surface area contributed by atoms with Gasteiger partial charge in [-0.1, -0.05) is 6.58 Å². The lowest BCUT2D eigenvalue weighted by Crippen LogP contribution is -2.35. The highest BCUT2D eigenvalue weighted by Crippen LogP contribution is 2.55. The molecule has 5 atom stereocenters. The summed E-state index contributed by atoms with van der Waals surface area (Å²) in [6.07, 6.45) is 2.50. The highest BCUT2D eigenvalue weighted by Gasteiger charge is 2.63. The average Bonchev–Trinajstić information content (AvgIpc) is 2.81. The molecule has 0 aromatic carbocycles. The Hall–Kier alpha value is -1.32. The summed E-state index contributed by atoms with van der Waals surface area (Å²) >= 11 is 0. The molecule has 2 aliphatic carbocycles. The van der Waals surface area contributed by atoms with E-state index in [2.05, 4.69) is 6.58 Å². The summed E-state index contributed by atoms with van der Waals surface area (Å²) in [5.74, 6) is 0.126. The molecule has 4 heteroatoms. The summed E-state index contributed by atoms with van der Waals surface area (Å²) in [5, 5.41) is 0. The molecule has 0 N–H and O–H groups in total. The fourth-order valence-electron chi connectivity index (χ4n) is 3.25. The number of fused-ring (bicyclic) bond motifs is 1. The van der Waals surface area contributed by atoms with Crippen LogP contribution in [0.2, 0.25) is 0 Å². The zero-order valence-corrected chi connectivity index (χ0v) is 8.22. The third-order valence-corrected chi connectivity index (χ3v) is 3.83. The maximum absolute atomic E-state index is 11.4. The van der Waals surface area contributed by atoms with E-state index in [4.69, 9.17) is 9.47 Å². The molecular formula is C11H12O4. The normalized spacial score (nSPS) is 45.3. The molecule has 2 bridgehead atoms. The van der Waals surface area contributed by atoms with Crippen molar-refractivity contribution in [1.29, 1.82) is 0 Å². The van der Waals surface area contributed by atoms with Gasteiger partial charge in [-0.05, 0) is 12.8 Å². The topological polar surface area (TPSA) is 52.6 Å². The Morgan fingerprint density at radius 2 is 2.33 bits per heavy atom. The van der Waals surface area contributed by atoms with E-state index >= 15 is 0 Å². The van der Waals surface area contributed by atoms with Crippen molar-refractivity contribution in [2.24, 2.45) is 17.8 Å². The number of ether oxygens (including phenoxy) is 2. The van der Waals surface area contributed by atoms with Gasteiger partial charge in [0.1, 0.15) is 12.2 Å². The smallest absolute Gasteiger partial charge is 0.330 e. The third-order valence-electron chi connectivity index (χ3n) is 3.83. The van der Waals surface area contributed by atoms with Crippen LogP contribution in [-0.4, -0.2) is 24.1 Å². The molecule has 1 heterocycles. The van der Waals surface area contributed by atoms with E-state index in [1.165, 1.54) is 0 Å². The third kappa shape index (κ3) is 1.07. The van der Waals surface area contributed by atoms with Crippen molar-refractivity contribution in [2.45, 2.75) is 25.0 Å². The lowest BCUT2D eigenvalue weighted by Gasteiger charge is -2.24. The van der Waals surface area contributed by atoms with Crippen LogP contribution < -0.4 is 0 Å². The Labute approximate surface area is 87.2 Å². The Balaban J connectivity index is 1.80. The summed E-state index contributed by atoms with van der Waals surface area (Å²) in [6.45, 7) is 3.36. The van der Waals surface area contributed by atoms with Gasteiger partial charge >= 0.3 is 11.9 Å². The minimum absolute atomic E-state index is 0.0682. The predicted molar refractivity (Wildman–Crippen MR) is 49.7 cm³/mol. The molecule has 0 amide bonds. The molecule has 2 saturated carbocycles. The van der Waals surface area contributed by atoms with Crippen LogP contribution in [0.25, 0.3) is 0 Å². The van der Waals surface area contributed by atoms with Gasteiger partial charge in [0.2, 0.25) is 0 Å². The second kappa shape index (κ2) is 2.84. The quantitative estimate of drug-likeness (QED) is 0.494. The molecular weight excluding hydrogens is 196 g/mol. The van der Waals surface area contributed by atoms with Gasteiger partial charge in [0, 0.05) is 17.9 Å². The van der Waals surface area contributed by atoms with Crippen LogP contribution in [0.1, 0.15) is 12.8 Å². The Morgan fingerprint density at radius 3 is 3.07 bits per heavy atom. The van der Waals surface area contributed by atoms with Crippen molar-refractivity contribution < 1.29 is 19.1 Å². The summed E-state index contributed by atoms with van der Waals surface area (Å²) in [4.78, 5) is 22.5. The number of hydrogen-bond donors (Lipinski definition) is 0. The van der Waals surface area contributed by atoms with Gasteiger partial charge in [-0.15, -0.1) is 0 Å². The molecule has 1 unspecified atom stereocenters. The first-order chi connectivity index (χ1) is 7.20. The minimum atomic E-state index is -0.424. The molecule has 1 aliphatic heterocycles. The Kier molecular flexibility index (Phi) is 1.69. The van der Waals surface area contributed by atoms with Crippen LogP contribution in [0.15, 0.2) is 12.7 Å². The maximum Gasteiger partial charge on any atom is 0.330 e. The molecule has 4 nitrogen and oxygen atoms in total. The summed E-state index contributed by atoms with van der Waals surface area (Å²) < 4.78 is 10.5. The van der Waals surface area contributed by atoms with E-state index in [1.54, 1.807) is 0 Å². The molecule has 0 aromatic rings. The first-order valence-electron chi connectivity index (χ1n) is 5.24. The molecule has 0 aromatic heterocycles. The molecule has 0 radical (unpaired) electrons. The number of rotatable bonds is 2. The fourth-order valence-corrected chi connectivity index (χ4v) is 3.25. The van der Waals surface area contributed by atoms with E-state index in [0.717, 1.165) is 18.9 Å². The van der Waals surface area contributed by atoms with Crippen LogP contribution >= 0.6 is 0 Å². The second-order valence-corrected chi connectivity index (χ2v) is 4.51. The van der Waals surface area contributed by atoms with Crippen molar-refractivity contribution >= 4 is 11.9 Å². The molecule has 3 aliphatic rings. The van der Waals surface area contributed by atoms with Gasteiger partial charge in [-0.2, -0.15) is 0 Å². The molecule has 3 fully saturated rings. The number of carbonyl (C=O) groups is 2. The highest BCUT2D eigenvalue weighted by atomic mass is 16.6. The SMILES string of the molecule is C=CC(=O)OC1[C@@H]2C[C@H]3[C@H](C2)C(=O)O[C@H]13. The molecule has 80 valence electrons. The van der Waals surface area contributed by atoms with Crippen LogP contribution in [0, 0.1) is 17.8 Å². The van der Waals surface area contributed by atoms with Gasteiger partial charge in [0.25, 0.3) is 0 Å². The number of carbonyl (C=O) groups excluding carboxylic acids is 2. The first kappa shape index (κ1) is 8.95. The molecule has 1 saturated heterocycles. The first-order valence-corrected chi connectivity index (χ1v) is 5.24. The molecule has 15 heavy (non-hydrogen) atoms. The Morgan fingerprint density at radius 1 is 1.53 bits per heavy atom. The van der Waals surface area contributed by atoms with Crippen molar-refractivity contribution in [1.82, 2.24) is 0 Å². The van der Waals surface area contributed by atoms with E-state index in [-0.39, 0.29) is 30.0 Å². The van der Waals surface area contributed by atoms with Gasteiger partial charge in [-0.3, -0.25) is 4.79 Å². The molecule has 3 rings (SSSR count). The number of esters is 2. The van der Waals surface area contributed by atoms with Gasteiger partial charge in [-0.25, -0.2) is 4.79 Å².